The molecule has 0 aromatic heterocycles. The summed E-state index contributed by atoms with van der Waals surface area (Å²) in [5, 5.41) is 1.46. The van der Waals surface area contributed by atoms with Crippen LogP contribution in [0.2, 0.25) is 0 Å². The smallest absolute Gasteiger partial charge is 0.381 e. The standard InChI is InChI=1S/C14H21F3N6/c1-20-12(19)13(21-8-7-18)22-23(2)9-10-5-3-4-6-11(10)14(15,16)17/h3-6H,7-9,18H2,1-2H3,(H2,19,20)(H,21,22). The molecule has 0 heterocycles. The number of aliphatic imine (C=N–C) groups is 2. The minimum absolute atomic E-state index is 0.00826. The van der Waals surface area contributed by atoms with Crippen molar-refractivity contribution < 1.29 is 13.2 Å². The van der Waals surface area contributed by atoms with Crippen molar-refractivity contribution in [3.8, 4) is 0 Å². The van der Waals surface area contributed by atoms with Gasteiger partial charge in [-0.25, -0.2) is 5.01 Å². The minimum Gasteiger partial charge on any atom is -0.381 e. The number of nitrogens with one attached hydrogen (secondary N) is 1. The highest BCUT2D eigenvalue weighted by atomic mass is 19.4. The molecule has 0 aliphatic carbocycles. The summed E-state index contributed by atoms with van der Waals surface area (Å²) in [5.74, 6) is 0.416. The number of amidine groups is 2. The van der Waals surface area contributed by atoms with Crippen LogP contribution < -0.4 is 16.9 Å². The van der Waals surface area contributed by atoms with Gasteiger partial charge in [0.2, 0.25) is 0 Å². The van der Waals surface area contributed by atoms with E-state index in [-0.39, 0.29) is 23.8 Å². The maximum atomic E-state index is 13.0. The van der Waals surface area contributed by atoms with Crippen molar-refractivity contribution in [1.29, 1.82) is 0 Å². The van der Waals surface area contributed by atoms with E-state index < -0.39 is 11.7 Å². The fourth-order valence-corrected chi connectivity index (χ4v) is 1.87. The van der Waals surface area contributed by atoms with Crippen molar-refractivity contribution in [2.45, 2.75) is 12.7 Å². The van der Waals surface area contributed by atoms with Gasteiger partial charge in [0, 0.05) is 27.2 Å². The number of rotatable bonds is 5. The third-order valence-corrected chi connectivity index (χ3v) is 2.91. The van der Waals surface area contributed by atoms with Crippen LogP contribution in [-0.4, -0.2) is 43.9 Å². The molecule has 0 bridgehead atoms. The van der Waals surface area contributed by atoms with Gasteiger partial charge in [-0.1, -0.05) is 18.2 Å². The van der Waals surface area contributed by atoms with Crippen molar-refractivity contribution in [2.75, 3.05) is 27.2 Å². The Morgan fingerprint density at radius 3 is 2.52 bits per heavy atom. The zero-order valence-electron chi connectivity index (χ0n) is 13.1. The quantitative estimate of drug-likeness (QED) is 0.426. The van der Waals surface area contributed by atoms with E-state index in [2.05, 4.69) is 15.4 Å². The highest BCUT2D eigenvalue weighted by Crippen LogP contribution is 2.32. The number of hydrazine groups is 1. The Bertz CT molecular complexity index is 568. The van der Waals surface area contributed by atoms with Gasteiger partial charge in [0.1, 0.15) is 0 Å². The van der Waals surface area contributed by atoms with Gasteiger partial charge in [0.15, 0.2) is 11.7 Å². The average Bonchev–Trinajstić information content (AvgIpc) is 2.50. The normalized spacial score (nSPS) is 13.5. The second kappa shape index (κ2) is 8.49. The van der Waals surface area contributed by atoms with Crippen LogP contribution in [0.3, 0.4) is 0 Å². The Morgan fingerprint density at radius 2 is 1.96 bits per heavy atom. The van der Waals surface area contributed by atoms with Gasteiger partial charge >= 0.3 is 6.18 Å². The van der Waals surface area contributed by atoms with Crippen LogP contribution in [0.25, 0.3) is 0 Å². The van der Waals surface area contributed by atoms with Crippen molar-refractivity contribution >= 4 is 11.7 Å². The van der Waals surface area contributed by atoms with Gasteiger partial charge in [0.05, 0.1) is 12.1 Å². The van der Waals surface area contributed by atoms with Crippen molar-refractivity contribution in [2.24, 2.45) is 21.5 Å². The highest BCUT2D eigenvalue weighted by Gasteiger charge is 2.33. The number of benzene rings is 1. The van der Waals surface area contributed by atoms with Crippen molar-refractivity contribution in [1.82, 2.24) is 10.4 Å². The summed E-state index contributed by atoms with van der Waals surface area (Å²) in [6.07, 6.45) is -4.40. The van der Waals surface area contributed by atoms with Crippen LogP contribution in [0.5, 0.6) is 0 Å². The van der Waals surface area contributed by atoms with E-state index in [1.165, 1.54) is 24.2 Å². The first-order valence-electron chi connectivity index (χ1n) is 6.89. The van der Waals surface area contributed by atoms with Gasteiger partial charge in [-0.05, 0) is 11.6 Å². The number of alkyl halides is 3. The molecule has 6 nitrogen and oxygen atoms in total. The fourth-order valence-electron chi connectivity index (χ4n) is 1.87. The van der Waals surface area contributed by atoms with E-state index in [4.69, 9.17) is 11.5 Å². The van der Waals surface area contributed by atoms with Crippen LogP contribution in [0.15, 0.2) is 34.3 Å². The Labute approximate surface area is 133 Å². The minimum atomic E-state index is -4.40. The Kier molecular flexibility index (Phi) is 6.98. The molecular formula is C14H21F3N6. The fraction of sp³-hybridized carbons (Fsp3) is 0.429. The van der Waals surface area contributed by atoms with Crippen LogP contribution in [0.1, 0.15) is 11.1 Å². The maximum absolute atomic E-state index is 13.0. The van der Waals surface area contributed by atoms with E-state index in [9.17, 15) is 13.2 Å². The van der Waals surface area contributed by atoms with Crippen molar-refractivity contribution in [3.05, 3.63) is 35.4 Å². The molecule has 1 rings (SSSR count). The summed E-state index contributed by atoms with van der Waals surface area (Å²) in [4.78, 5) is 7.94. The van der Waals surface area contributed by atoms with Crippen LogP contribution in [0, 0.1) is 0 Å². The monoisotopic (exact) mass is 330 g/mol. The maximum Gasteiger partial charge on any atom is 0.416 e. The number of nitrogens with zero attached hydrogens (tertiary/aromatic N) is 3. The summed E-state index contributed by atoms with van der Waals surface area (Å²) >= 11 is 0. The summed E-state index contributed by atoms with van der Waals surface area (Å²) in [5.41, 5.74) is 13.4. The van der Waals surface area contributed by atoms with E-state index in [0.717, 1.165) is 6.07 Å². The number of nitrogens with two attached hydrogens (primary N) is 2. The van der Waals surface area contributed by atoms with E-state index in [1.807, 2.05) is 0 Å². The topological polar surface area (TPSA) is 92.0 Å². The van der Waals surface area contributed by atoms with Crippen LogP contribution in [-0.2, 0) is 12.7 Å². The lowest BCUT2D eigenvalue weighted by molar-refractivity contribution is -0.138. The molecule has 128 valence electrons. The molecule has 0 spiro atoms. The molecular weight excluding hydrogens is 309 g/mol. The van der Waals surface area contributed by atoms with Gasteiger partial charge in [-0.2, -0.15) is 13.2 Å². The first-order chi connectivity index (χ1) is 10.8. The van der Waals surface area contributed by atoms with Gasteiger partial charge in [-0.3, -0.25) is 9.98 Å². The third-order valence-electron chi connectivity index (χ3n) is 2.91. The largest absolute Gasteiger partial charge is 0.416 e. The zero-order valence-corrected chi connectivity index (χ0v) is 13.1. The van der Waals surface area contributed by atoms with Crippen LogP contribution in [0.4, 0.5) is 13.2 Å². The lowest BCUT2D eigenvalue weighted by Gasteiger charge is -2.22. The van der Waals surface area contributed by atoms with Crippen LogP contribution >= 0.6 is 0 Å². The molecule has 1 aromatic rings. The molecule has 5 N–H and O–H groups in total. The van der Waals surface area contributed by atoms with Crippen molar-refractivity contribution in [3.63, 3.8) is 0 Å². The lowest BCUT2D eigenvalue weighted by atomic mass is 10.1. The molecule has 0 aliphatic heterocycles. The summed E-state index contributed by atoms with van der Waals surface area (Å²) in [7, 11) is 3.09. The van der Waals surface area contributed by atoms with E-state index in [0.29, 0.717) is 13.1 Å². The molecule has 1 aromatic carbocycles. The zero-order chi connectivity index (χ0) is 17.5. The Morgan fingerprint density at radius 1 is 1.30 bits per heavy atom. The van der Waals surface area contributed by atoms with Gasteiger partial charge in [-0.15, -0.1) is 0 Å². The second-order valence-electron chi connectivity index (χ2n) is 4.75. The Balaban J connectivity index is 2.89. The third kappa shape index (κ3) is 5.87. The van der Waals surface area contributed by atoms with E-state index >= 15 is 0 Å². The SMILES string of the molecule is CN=C(N)C(=NCCN)NN(C)Cc1ccccc1C(F)(F)F. The average molecular weight is 330 g/mol. The molecule has 0 unspecified atom stereocenters. The lowest BCUT2D eigenvalue weighted by Crippen LogP contribution is -2.45. The van der Waals surface area contributed by atoms with Gasteiger partial charge in [0.25, 0.3) is 0 Å². The molecule has 0 amide bonds. The summed E-state index contributed by atoms with van der Waals surface area (Å²) in [6, 6.07) is 5.39. The van der Waals surface area contributed by atoms with E-state index in [1.54, 1.807) is 13.1 Å². The summed E-state index contributed by atoms with van der Waals surface area (Å²) < 4.78 is 39.0. The van der Waals surface area contributed by atoms with Gasteiger partial charge < -0.3 is 16.9 Å². The first kappa shape index (κ1) is 18.9. The highest BCUT2D eigenvalue weighted by molar-refractivity contribution is 6.39. The number of hydrogen-bond donors (Lipinski definition) is 3. The molecule has 9 heteroatoms. The summed E-state index contributed by atoms with van der Waals surface area (Å²) in [6.45, 7) is 0.655. The predicted octanol–water partition coefficient (Wildman–Crippen LogP) is 0.986. The molecule has 0 saturated carbocycles. The molecule has 0 saturated heterocycles. The molecule has 0 radical (unpaired) electrons. The number of halogens is 3. The Hall–Kier alpha value is -2.13. The second-order valence-corrected chi connectivity index (χ2v) is 4.75. The molecule has 0 atom stereocenters. The molecule has 0 aliphatic rings. The first-order valence-corrected chi connectivity index (χ1v) is 6.89. The molecule has 23 heavy (non-hydrogen) atoms. The predicted molar refractivity (Wildman–Crippen MR) is 84.9 cm³/mol. The molecule has 0 fully saturated rings. The number of hydrogen-bond acceptors (Lipinski definition) is 4.